The number of nitrogens with zero attached hydrogens (tertiary/aromatic N) is 1. The molecule has 0 aliphatic rings. The average molecular weight is 299 g/mol. The zero-order chi connectivity index (χ0) is 15.5. The summed E-state index contributed by atoms with van der Waals surface area (Å²) >= 11 is 0. The monoisotopic (exact) mass is 299 g/mol. The van der Waals surface area contributed by atoms with Crippen LogP contribution in [0.3, 0.4) is 0 Å². The number of halogens is 3. The molecule has 0 bridgehead atoms. The molecule has 112 valence electrons. The van der Waals surface area contributed by atoms with Crippen LogP contribution in [0.5, 0.6) is 0 Å². The second-order valence-corrected chi connectivity index (χ2v) is 4.16. The number of carbonyl (C=O) groups excluding carboxylic acids is 1. The Morgan fingerprint density at radius 2 is 2.14 bits per heavy atom. The molecular formula is C13H12F3N3O2. The fourth-order valence-electron chi connectivity index (χ4n) is 1.72. The van der Waals surface area contributed by atoms with Crippen molar-refractivity contribution in [2.24, 2.45) is 0 Å². The number of aromatic nitrogens is 1. The minimum atomic E-state index is -4.52. The Labute approximate surface area is 118 Å². The number of nitrogens with one attached hydrogen (secondary N) is 2. The van der Waals surface area contributed by atoms with Crippen LogP contribution >= 0.6 is 0 Å². The molecule has 0 spiro atoms. The van der Waals surface area contributed by atoms with E-state index in [2.05, 4.69) is 20.3 Å². The van der Waals surface area contributed by atoms with E-state index >= 15 is 0 Å². The van der Waals surface area contributed by atoms with E-state index in [4.69, 9.17) is 0 Å². The van der Waals surface area contributed by atoms with Gasteiger partial charge in [0.1, 0.15) is 12.0 Å². The van der Waals surface area contributed by atoms with Crippen LogP contribution in [0, 0.1) is 0 Å². The van der Waals surface area contributed by atoms with E-state index in [1.54, 1.807) is 6.92 Å². The molecule has 0 atom stereocenters. The number of hydrogen-bond acceptors (Lipinski definition) is 4. The number of anilines is 2. The summed E-state index contributed by atoms with van der Waals surface area (Å²) in [6.45, 7) is 2.25. The SMILES string of the molecule is CCNc1ccc(C(F)(F)F)cc1C(=O)Nc1cnoc1. The van der Waals surface area contributed by atoms with Gasteiger partial charge in [-0.1, -0.05) is 5.16 Å². The summed E-state index contributed by atoms with van der Waals surface area (Å²) in [5.41, 5.74) is -0.410. The molecule has 1 amide bonds. The molecule has 0 aliphatic heterocycles. The molecule has 1 heterocycles. The van der Waals surface area contributed by atoms with Crippen molar-refractivity contribution in [1.29, 1.82) is 0 Å². The van der Waals surface area contributed by atoms with E-state index < -0.39 is 17.6 Å². The van der Waals surface area contributed by atoms with Gasteiger partial charge in [0, 0.05) is 12.2 Å². The molecule has 0 saturated carbocycles. The van der Waals surface area contributed by atoms with Crippen LogP contribution in [-0.4, -0.2) is 17.6 Å². The summed E-state index contributed by atoms with van der Waals surface area (Å²) in [5.74, 6) is -0.680. The maximum absolute atomic E-state index is 12.7. The molecule has 1 aromatic carbocycles. The highest BCUT2D eigenvalue weighted by Gasteiger charge is 2.31. The Balaban J connectivity index is 2.35. The topological polar surface area (TPSA) is 67.2 Å². The van der Waals surface area contributed by atoms with Gasteiger partial charge in [0.05, 0.1) is 17.3 Å². The van der Waals surface area contributed by atoms with Crippen molar-refractivity contribution in [2.45, 2.75) is 13.1 Å². The predicted octanol–water partition coefficient (Wildman–Crippen LogP) is 3.38. The van der Waals surface area contributed by atoms with Crippen LogP contribution in [0.1, 0.15) is 22.8 Å². The number of hydrogen-bond donors (Lipinski definition) is 2. The Morgan fingerprint density at radius 3 is 2.71 bits per heavy atom. The third-order valence-electron chi connectivity index (χ3n) is 2.65. The van der Waals surface area contributed by atoms with Crippen molar-refractivity contribution in [2.75, 3.05) is 17.2 Å². The molecule has 2 aromatic rings. The smallest absolute Gasteiger partial charge is 0.385 e. The van der Waals surface area contributed by atoms with E-state index in [-0.39, 0.29) is 11.3 Å². The first-order chi connectivity index (χ1) is 9.91. The summed E-state index contributed by atoms with van der Waals surface area (Å²) in [6.07, 6.45) is -2.09. The van der Waals surface area contributed by atoms with Crippen molar-refractivity contribution in [3.05, 3.63) is 41.8 Å². The highest BCUT2D eigenvalue weighted by molar-refractivity contribution is 6.08. The molecule has 21 heavy (non-hydrogen) atoms. The van der Waals surface area contributed by atoms with Crippen LogP contribution in [0.2, 0.25) is 0 Å². The Hall–Kier alpha value is -2.51. The maximum Gasteiger partial charge on any atom is 0.416 e. The van der Waals surface area contributed by atoms with Gasteiger partial charge in [-0.15, -0.1) is 0 Å². The number of carbonyl (C=O) groups is 1. The standard InChI is InChI=1S/C13H12F3N3O2/c1-2-17-11-4-3-8(13(14,15)16)5-10(11)12(20)19-9-6-18-21-7-9/h3-7,17H,2H2,1H3,(H,19,20). The predicted molar refractivity (Wildman–Crippen MR) is 70.1 cm³/mol. The van der Waals surface area contributed by atoms with Crippen molar-refractivity contribution in [1.82, 2.24) is 5.16 Å². The van der Waals surface area contributed by atoms with Gasteiger partial charge < -0.3 is 15.2 Å². The fraction of sp³-hybridized carbons (Fsp3) is 0.231. The lowest BCUT2D eigenvalue weighted by Gasteiger charge is -2.13. The molecule has 1 aromatic heterocycles. The van der Waals surface area contributed by atoms with Gasteiger partial charge >= 0.3 is 6.18 Å². The first-order valence-electron chi connectivity index (χ1n) is 6.07. The largest absolute Gasteiger partial charge is 0.416 e. The van der Waals surface area contributed by atoms with Crippen LogP contribution in [0.15, 0.2) is 35.2 Å². The third-order valence-corrected chi connectivity index (χ3v) is 2.65. The lowest BCUT2D eigenvalue weighted by atomic mass is 10.1. The molecular weight excluding hydrogens is 287 g/mol. The van der Waals surface area contributed by atoms with Gasteiger partial charge in [-0.2, -0.15) is 13.2 Å². The minimum absolute atomic E-state index is 0.104. The lowest BCUT2D eigenvalue weighted by molar-refractivity contribution is -0.137. The van der Waals surface area contributed by atoms with Crippen molar-refractivity contribution in [3.8, 4) is 0 Å². The summed E-state index contributed by atoms with van der Waals surface area (Å²) in [5, 5.41) is 8.66. The molecule has 0 unspecified atom stereocenters. The van der Waals surface area contributed by atoms with Gasteiger partial charge in [0.2, 0.25) is 0 Å². The zero-order valence-corrected chi connectivity index (χ0v) is 11.0. The lowest BCUT2D eigenvalue weighted by Crippen LogP contribution is -2.16. The van der Waals surface area contributed by atoms with E-state index in [1.165, 1.54) is 18.5 Å². The maximum atomic E-state index is 12.7. The Kier molecular flexibility index (Phi) is 4.15. The van der Waals surface area contributed by atoms with Crippen LogP contribution in [0.4, 0.5) is 24.5 Å². The van der Waals surface area contributed by atoms with E-state index in [0.717, 1.165) is 12.1 Å². The first kappa shape index (κ1) is 14.9. The van der Waals surface area contributed by atoms with E-state index in [0.29, 0.717) is 12.2 Å². The quantitative estimate of drug-likeness (QED) is 0.908. The number of benzene rings is 1. The Morgan fingerprint density at radius 1 is 1.38 bits per heavy atom. The van der Waals surface area contributed by atoms with Gasteiger partial charge in [0.15, 0.2) is 0 Å². The van der Waals surface area contributed by atoms with Crippen molar-refractivity contribution >= 4 is 17.3 Å². The number of amides is 1. The number of rotatable bonds is 4. The molecule has 0 aliphatic carbocycles. The van der Waals surface area contributed by atoms with Crippen LogP contribution in [-0.2, 0) is 6.18 Å². The highest BCUT2D eigenvalue weighted by Crippen LogP contribution is 2.32. The fourth-order valence-corrected chi connectivity index (χ4v) is 1.72. The molecule has 5 nitrogen and oxygen atoms in total. The molecule has 0 fully saturated rings. The summed E-state index contributed by atoms with van der Waals surface area (Å²) in [7, 11) is 0. The van der Waals surface area contributed by atoms with Gasteiger partial charge in [-0.3, -0.25) is 4.79 Å². The summed E-state index contributed by atoms with van der Waals surface area (Å²) in [4.78, 5) is 12.1. The molecule has 2 rings (SSSR count). The van der Waals surface area contributed by atoms with Gasteiger partial charge in [-0.25, -0.2) is 0 Å². The molecule has 8 heteroatoms. The first-order valence-corrected chi connectivity index (χ1v) is 6.07. The van der Waals surface area contributed by atoms with Gasteiger partial charge in [-0.05, 0) is 25.1 Å². The summed E-state index contributed by atoms with van der Waals surface area (Å²) in [6, 6.07) is 2.96. The van der Waals surface area contributed by atoms with Crippen LogP contribution < -0.4 is 10.6 Å². The number of alkyl halides is 3. The van der Waals surface area contributed by atoms with Crippen molar-refractivity contribution < 1.29 is 22.5 Å². The average Bonchev–Trinajstić information content (AvgIpc) is 2.91. The zero-order valence-electron chi connectivity index (χ0n) is 11.0. The molecule has 2 N–H and O–H groups in total. The molecule has 0 saturated heterocycles. The van der Waals surface area contributed by atoms with Crippen molar-refractivity contribution in [3.63, 3.8) is 0 Å². The molecule has 0 radical (unpaired) electrons. The normalized spacial score (nSPS) is 11.2. The van der Waals surface area contributed by atoms with Crippen LogP contribution in [0.25, 0.3) is 0 Å². The Bertz CT molecular complexity index is 624. The van der Waals surface area contributed by atoms with Gasteiger partial charge in [0.25, 0.3) is 5.91 Å². The van der Waals surface area contributed by atoms with E-state index in [9.17, 15) is 18.0 Å². The highest BCUT2D eigenvalue weighted by atomic mass is 19.4. The summed E-state index contributed by atoms with van der Waals surface area (Å²) < 4.78 is 42.8. The minimum Gasteiger partial charge on any atom is -0.385 e. The van der Waals surface area contributed by atoms with E-state index in [1.807, 2.05) is 0 Å². The second-order valence-electron chi connectivity index (χ2n) is 4.16. The second kappa shape index (κ2) is 5.86. The third kappa shape index (κ3) is 3.53.